The second-order valence-corrected chi connectivity index (χ2v) is 4.98. The first-order chi connectivity index (χ1) is 9.20. The summed E-state index contributed by atoms with van der Waals surface area (Å²) in [6.45, 7) is 0. The number of nitrogen functional groups attached to an aromatic ring is 1. The highest BCUT2D eigenvalue weighted by molar-refractivity contribution is 5.90. The molecule has 1 aliphatic rings. The Morgan fingerprint density at radius 1 is 1.21 bits per heavy atom. The quantitative estimate of drug-likeness (QED) is 0.517. The molecule has 4 heteroatoms. The van der Waals surface area contributed by atoms with Crippen LogP contribution >= 0.6 is 0 Å². The number of hydrogen-bond acceptors (Lipinski definition) is 4. The van der Waals surface area contributed by atoms with Gasteiger partial charge >= 0.3 is 5.97 Å². The van der Waals surface area contributed by atoms with E-state index >= 15 is 0 Å². The first kappa shape index (κ1) is 13.7. The summed E-state index contributed by atoms with van der Waals surface area (Å²) in [4.78, 5) is 11.5. The summed E-state index contributed by atoms with van der Waals surface area (Å²) in [6.07, 6.45) is 7.26. The Hall–Kier alpha value is -1.71. The smallest absolute Gasteiger partial charge is 0.337 e. The lowest BCUT2D eigenvalue weighted by Gasteiger charge is -2.18. The van der Waals surface area contributed by atoms with Crippen LogP contribution in [-0.4, -0.2) is 19.2 Å². The second kappa shape index (κ2) is 6.45. The molecule has 19 heavy (non-hydrogen) atoms. The zero-order valence-corrected chi connectivity index (χ0v) is 11.4. The minimum atomic E-state index is -0.370. The van der Waals surface area contributed by atoms with Crippen molar-refractivity contribution in [3.8, 4) is 5.75 Å². The summed E-state index contributed by atoms with van der Waals surface area (Å²) in [5, 5.41) is 0. The van der Waals surface area contributed by atoms with Gasteiger partial charge in [-0.1, -0.05) is 12.8 Å². The molecule has 0 amide bonds. The van der Waals surface area contributed by atoms with Crippen LogP contribution in [0, 0.1) is 0 Å². The predicted molar refractivity (Wildman–Crippen MR) is 74.3 cm³/mol. The first-order valence-electron chi connectivity index (χ1n) is 6.85. The monoisotopic (exact) mass is 263 g/mol. The van der Waals surface area contributed by atoms with Crippen molar-refractivity contribution in [1.82, 2.24) is 0 Å². The average Bonchev–Trinajstić information content (AvgIpc) is 2.69. The highest BCUT2D eigenvalue weighted by Crippen LogP contribution is 2.28. The average molecular weight is 263 g/mol. The largest absolute Gasteiger partial charge is 0.488 e. The molecule has 1 aromatic carbocycles. The van der Waals surface area contributed by atoms with E-state index in [0.717, 1.165) is 12.8 Å². The summed E-state index contributed by atoms with van der Waals surface area (Å²) in [5.74, 6) is 0.223. The zero-order valence-electron chi connectivity index (χ0n) is 11.4. The lowest BCUT2D eigenvalue weighted by Crippen LogP contribution is -2.16. The molecule has 1 saturated carbocycles. The number of benzene rings is 1. The minimum Gasteiger partial charge on any atom is -0.488 e. The summed E-state index contributed by atoms with van der Waals surface area (Å²) in [5.41, 5.74) is 6.95. The number of carbonyl (C=O) groups is 1. The third-order valence-electron chi connectivity index (χ3n) is 3.53. The van der Waals surface area contributed by atoms with E-state index in [4.69, 9.17) is 15.2 Å². The third-order valence-corrected chi connectivity index (χ3v) is 3.53. The van der Waals surface area contributed by atoms with Gasteiger partial charge in [0.05, 0.1) is 24.5 Å². The van der Waals surface area contributed by atoms with E-state index in [2.05, 4.69) is 0 Å². The van der Waals surface area contributed by atoms with Gasteiger partial charge in [0.25, 0.3) is 0 Å². The van der Waals surface area contributed by atoms with Crippen LogP contribution in [0.5, 0.6) is 5.75 Å². The van der Waals surface area contributed by atoms with Crippen molar-refractivity contribution in [1.29, 1.82) is 0 Å². The molecule has 0 radical (unpaired) electrons. The highest BCUT2D eigenvalue weighted by Gasteiger charge is 2.16. The molecule has 2 N–H and O–H groups in total. The molecule has 2 rings (SSSR count). The van der Waals surface area contributed by atoms with Gasteiger partial charge in [-0.3, -0.25) is 0 Å². The van der Waals surface area contributed by atoms with Crippen LogP contribution in [0.2, 0.25) is 0 Å². The van der Waals surface area contributed by atoms with E-state index in [1.165, 1.54) is 32.8 Å². The maximum Gasteiger partial charge on any atom is 0.337 e. The number of methoxy groups -OCH3 is 1. The maximum atomic E-state index is 11.5. The molecule has 0 aromatic heterocycles. The third kappa shape index (κ3) is 3.63. The number of anilines is 1. The van der Waals surface area contributed by atoms with Crippen LogP contribution in [0.3, 0.4) is 0 Å². The Bertz CT molecular complexity index is 437. The van der Waals surface area contributed by atoms with Crippen LogP contribution in [0.4, 0.5) is 5.69 Å². The molecule has 1 aromatic rings. The molecule has 0 atom stereocenters. The Kier molecular flexibility index (Phi) is 4.66. The summed E-state index contributed by atoms with van der Waals surface area (Å²) in [6, 6.07) is 5.02. The summed E-state index contributed by atoms with van der Waals surface area (Å²) >= 11 is 0. The number of hydrogen-bond donors (Lipinski definition) is 1. The SMILES string of the molecule is COC(=O)c1ccc(N)c(OC2CCCCCC2)c1. The van der Waals surface area contributed by atoms with Gasteiger partial charge in [0.15, 0.2) is 0 Å². The molecule has 0 heterocycles. The molecule has 0 spiro atoms. The molecular formula is C15H21NO3. The lowest BCUT2D eigenvalue weighted by atomic mass is 10.1. The maximum absolute atomic E-state index is 11.5. The molecular weight excluding hydrogens is 242 g/mol. The van der Waals surface area contributed by atoms with Crippen molar-refractivity contribution in [2.24, 2.45) is 0 Å². The van der Waals surface area contributed by atoms with Crippen LogP contribution in [0.15, 0.2) is 18.2 Å². The van der Waals surface area contributed by atoms with Gasteiger partial charge in [0.1, 0.15) is 5.75 Å². The van der Waals surface area contributed by atoms with E-state index in [1.54, 1.807) is 18.2 Å². The number of esters is 1. The van der Waals surface area contributed by atoms with Crippen LogP contribution in [-0.2, 0) is 4.74 Å². The lowest BCUT2D eigenvalue weighted by molar-refractivity contribution is 0.0600. The fraction of sp³-hybridized carbons (Fsp3) is 0.533. The Balaban J connectivity index is 2.11. The summed E-state index contributed by atoms with van der Waals surface area (Å²) < 4.78 is 10.7. The Morgan fingerprint density at radius 2 is 1.89 bits per heavy atom. The molecule has 0 unspecified atom stereocenters. The number of ether oxygens (including phenoxy) is 2. The normalized spacial score (nSPS) is 16.7. The first-order valence-corrected chi connectivity index (χ1v) is 6.85. The van der Waals surface area contributed by atoms with Crippen molar-refractivity contribution in [3.05, 3.63) is 23.8 Å². The molecule has 0 saturated heterocycles. The van der Waals surface area contributed by atoms with E-state index in [0.29, 0.717) is 17.0 Å². The van der Waals surface area contributed by atoms with Gasteiger partial charge in [0, 0.05) is 0 Å². The number of nitrogens with two attached hydrogens (primary N) is 1. The van der Waals surface area contributed by atoms with Gasteiger partial charge in [-0.15, -0.1) is 0 Å². The number of rotatable bonds is 3. The Morgan fingerprint density at radius 3 is 2.53 bits per heavy atom. The van der Waals surface area contributed by atoms with Crippen LogP contribution in [0.25, 0.3) is 0 Å². The molecule has 0 bridgehead atoms. The minimum absolute atomic E-state index is 0.206. The van der Waals surface area contributed by atoms with E-state index < -0.39 is 0 Å². The molecule has 1 fully saturated rings. The molecule has 104 valence electrons. The van der Waals surface area contributed by atoms with Crippen LogP contribution < -0.4 is 10.5 Å². The fourth-order valence-corrected chi connectivity index (χ4v) is 2.42. The van der Waals surface area contributed by atoms with Gasteiger partial charge in [-0.2, -0.15) is 0 Å². The topological polar surface area (TPSA) is 61.5 Å². The standard InChI is InChI=1S/C15H21NO3/c1-18-15(17)11-8-9-13(16)14(10-11)19-12-6-4-2-3-5-7-12/h8-10,12H,2-7,16H2,1H3. The predicted octanol–water partition coefficient (Wildman–Crippen LogP) is 3.16. The van der Waals surface area contributed by atoms with Gasteiger partial charge in [-0.05, 0) is 43.9 Å². The molecule has 4 nitrogen and oxygen atoms in total. The van der Waals surface area contributed by atoms with Gasteiger partial charge < -0.3 is 15.2 Å². The van der Waals surface area contributed by atoms with Crippen molar-refractivity contribution in [2.75, 3.05) is 12.8 Å². The van der Waals surface area contributed by atoms with Crippen molar-refractivity contribution in [3.63, 3.8) is 0 Å². The van der Waals surface area contributed by atoms with Crippen molar-refractivity contribution >= 4 is 11.7 Å². The molecule has 0 aliphatic heterocycles. The Labute approximate surface area is 113 Å². The molecule has 1 aliphatic carbocycles. The van der Waals surface area contributed by atoms with Gasteiger partial charge in [-0.25, -0.2) is 4.79 Å². The van der Waals surface area contributed by atoms with E-state index in [-0.39, 0.29) is 12.1 Å². The van der Waals surface area contributed by atoms with Crippen LogP contribution in [0.1, 0.15) is 48.9 Å². The van der Waals surface area contributed by atoms with Gasteiger partial charge in [0.2, 0.25) is 0 Å². The highest BCUT2D eigenvalue weighted by atomic mass is 16.5. The van der Waals surface area contributed by atoms with E-state index in [9.17, 15) is 4.79 Å². The van der Waals surface area contributed by atoms with Crippen molar-refractivity contribution < 1.29 is 14.3 Å². The number of carbonyl (C=O) groups excluding carboxylic acids is 1. The van der Waals surface area contributed by atoms with E-state index in [1.807, 2.05) is 0 Å². The second-order valence-electron chi connectivity index (χ2n) is 4.98. The zero-order chi connectivity index (χ0) is 13.7. The van der Waals surface area contributed by atoms with Crippen molar-refractivity contribution in [2.45, 2.75) is 44.6 Å². The fourth-order valence-electron chi connectivity index (χ4n) is 2.42. The summed E-state index contributed by atoms with van der Waals surface area (Å²) in [7, 11) is 1.37.